The Kier molecular flexibility index (Phi) is 4.60. The van der Waals surface area contributed by atoms with Crippen molar-refractivity contribution in [3.8, 4) is 0 Å². The van der Waals surface area contributed by atoms with Gasteiger partial charge in [0.05, 0.1) is 15.4 Å². The Bertz CT molecular complexity index is 763. The quantitative estimate of drug-likeness (QED) is 0.655. The summed E-state index contributed by atoms with van der Waals surface area (Å²) in [6.45, 7) is 0. The van der Waals surface area contributed by atoms with Gasteiger partial charge in [-0.25, -0.2) is 4.79 Å². The predicted molar refractivity (Wildman–Crippen MR) is 75.6 cm³/mol. The molecule has 0 spiro atoms. The Morgan fingerprint density at radius 1 is 1.17 bits per heavy atom. The van der Waals surface area contributed by atoms with Gasteiger partial charge in [-0.05, 0) is 24.3 Å². The predicted octanol–water partition coefficient (Wildman–Crippen LogP) is 4.46. The summed E-state index contributed by atoms with van der Waals surface area (Å²) in [5.74, 6) is -1.79. The van der Waals surface area contributed by atoms with Crippen LogP contribution in [0.1, 0.15) is 15.9 Å². The molecule has 2 aromatic rings. The summed E-state index contributed by atoms with van der Waals surface area (Å²) >= 11 is 0.699. The minimum absolute atomic E-state index is 0.273. The Labute approximate surface area is 131 Å². The smallest absolute Gasteiger partial charge is 0.416 e. The van der Waals surface area contributed by atoms with Crippen molar-refractivity contribution in [1.82, 2.24) is 0 Å². The maximum absolute atomic E-state index is 12.9. The molecule has 0 atom stereocenters. The van der Waals surface area contributed by atoms with Crippen molar-refractivity contribution >= 4 is 23.4 Å². The minimum atomic E-state index is -4.81. The van der Waals surface area contributed by atoms with Gasteiger partial charge in [-0.15, -0.1) is 0 Å². The van der Waals surface area contributed by atoms with E-state index in [-0.39, 0.29) is 11.0 Å². The number of nitrogens with zero attached hydrogens (tertiary/aromatic N) is 1. The van der Waals surface area contributed by atoms with E-state index < -0.39 is 33.9 Å². The largest absolute Gasteiger partial charge is 0.477 e. The van der Waals surface area contributed by atoms with E-state index >= 15 is 0 Å². The van der Waals surface area contributed by atoms with E-state index in [0.29, 0.717) is 22.7 Å². The van der Waals surface area contributed by atoms with Crippen LogP contribution in [-0.4, -0.2) is 16.0 Å². The van der Waals surface area contributed by atoms with Gasteiger partial charge in [0.1, 0.15) is 5.56 Å². The van der Waals surface area contributed by atoms with Crippen LogP contribution in [0.4, 0.5) is 18.9 Å². The number of rotatable bonds is 4. The standard InChI is InChI=1S/C14H8F3NO4S/c15-14(16,17)8-6-10(13(19)20)12(18(21)22)11(7-8)23-9-4-2-1-3-5-9/h1-7H,(H,19,20). The molecule has 2 aromatic carbocycles. The number of alkyl halides is 3. The van der Waals surface area contributed by atoms with Crippen molar-refractivity contribution in [1.29, 1.82) is 0 Å². The third kappa shape index (κ3) is 3.81. The molecule has 1 N–H and O–H groups in total. The van der Waals surface area contributed by atoms with E-state index in [2.05, 4.69) is 0 Å². The molecular formula is C14H8F3NO4S. The first kappa shape index (κ1) is 16.8. The van der Waals surface area contributed by atoms with Crippen LogP contribution in [-0.2, 0) is 6.18 Å². The van der Waals surface area contributed by atoms with Gasteiger partial charge in [0.25, 0.3) is 5.69 Å². The average molecular weight is 343 g/mol. The van der Waals surface area contributed by atoms with Crippen LogP contribution in [0.25, 0.3) is 0 Å². The average Bonchev–Trinajstić information content (AvgIpc) is 2.46. The number of aromatic carboxylic acids is 1. The molecule has 0 aliphatic rings. The Hall–Kier alpha value is -2.55. The minimum Gasteiger partial charge on any atom is -0.477 e. The Morgan fingerprint density at radius 3 is 2.26 bits per heavy atom. The first-order valence-corrected chi connectivity index (χ1v) is 6.87. The highest BCUT2D eigenvalue weighted by Gasteiger charge is 2.36. The molecule has 0 heterocycles. The van der Waals surface area contributed by atoms with Gasteiger partial charge in [-0.1, -0.05) is 30.0 Å². The molecule has 0 saturated heterocycles. The van der Waals surface area contributed by atoms with Crippen molar-refractivity contribution in [2.24, 2.45) is 0 Å². The van der Waals surface area contributed by atoms with Crippen LogP contribution in [0.3, 0.4) is 0 Å². The molecule has 23 heavy (non-hydrogen) atoms. The maximum atomic E-state index is 12.9. The fourth-order valence-electron chi connectivity index (χ4n) is 1.82. The highest BCUT2D eigenvalue weighted by atomic mass is 32.2. The van der Waals surface area contributed by atoms with E-state index in [9.17, 15) is 28.1 Å². The Morgan fingerprint density at radius 2 is 1.78 bits per heavy atom. The second-order valence-electron chi connectivity index (χ2n) is 4.35. The molecule has 0 unspecified atom stereocenters. The zero-order valence-electron chi connectivity index (χ0n) is 11.2. The maximum Gasteiger partial charge on any atom is 0.416 e. The van der Waals surface area contributed by atoms with Crippen LogP contribution in [0, 0.1) is 10.1 Å². The van der Waals surface area contributed by atoms with Gasteiger partial charge < -0.3 is 5.11 Å². The molecule has 0 radical (unpaired) electrons. The van der Waals surface area contributed by atoms with Crippen LogP contribution < -0.4 is 0 Å². The van der Waals surface area contributed by atoms with Crippen molar-refractivity contribution < 1.29 is 28.0 Å². The van der Waals surface area contributed by atoms with E-state index in [1.807, 2.05) is 0 Å². The number of halogens is 3. The summed E-state index contributed by atoms with van der Waals surface area (Å²) in [4.78, 5) is 21.4. The molecular weight excluding hydrogens is 335 g/mol. The monoisotopic (exact) mass is 343 g/mol. The zero-order chi connectivity index (χ0) is 17.2. The normalized spacial score (nSPS) is 11.3. The van der Waals surface area contributed by atoms with Crippen molar-refractivity contribution in [2.45, 2.75) is 16.0 Å². The van der Waals surface area contributed by atoms with Crippen LogP contribution in [0.2, 0.25) is 0 Å². The number of carbonyl (C=O) groups is 1. The lowest BCUT2D eigenvalue weighted by Crippen LogP contribution is -2.11. The summed E-state index contributed by atoms with van der Waals surface area (Å²) in [6, 6.07) is 8.86. The number of nitro groups is 1. The molecule has 9 heteroatoms. The third-order valence-corrected chi connectivity index (χ3v) is 3.83. The van der Waals surface area contributed by atoms with Gasteiger partial charge in [0.2, 0.25) is 0 Å². The number of hydrogen-bond acceptors (Lipinski definition) is 4. The summed E-state index contributed by atoms with van der Waals surface area (Å²) in [5.41, 5.74) is -3.11. The first-order valence-electron chi connectivity index (χ1n) is 6.06. The summed E-state index contributed by atoms with van der Waals surface area (Å²) < 4.78 is 38.7. The van der Waals surface area contributed by atoms with Crippen LogP contribution in [0.5, 0.6) is 0 Å². The fourth-order valence-corrected chi connectivity index (χ4v) is 2.83. The molecule has 0 aliphatic carbocycles. The van der Waals surface area contributed by atoms with Gasteiger partial charge in [0, 0.05) is 4.90 Å². The molecule has 0 aromatic heterocycles. The third-order valence-electron chi connectivity index (χ3n) is 2.79. The van der Waals surface area contributed by atoms with E-state index in [0.717, 1.165) is 0 Å². The summed E-state index contributed by atoms with van der Waals surface area (Å²) in [5, 5.41) is 20.2. The SMILES string of the molecule is O=C(O)c1cc(C(F)(F)F)cc(Sc2ccccc2)c1[N+](=O)[O-]. The second-order valence-corrected chi connectivity index (χ2v) is 5.46. The summed E-state index contributed by atoms with van der Waals surface area (Å²) in [7, 11) is 0. The van der Waals surface area contributed by atoms with Crippen molar-refractivity contribution in [2.75, 3.05) is 0 Å². The molecule has 5 nitrogen and oxygen atoms in total. The number of hydrogen-bond donors (Lipinski definition) is 1. The number of benzene rings is 2. The van der Waals surface area contributed by atoms with Gasteiger partial charge in [0.15, 0.2) is 0 Å². The lowest BCUT2D eigenvalue weighted by atomic mass is 10.1. The van der Waals surface area contributed by atoms with Crippen LogP contribution in [0.15, 0.2) is 52.3 Å². The molecule has 2 rings (SSSR count). The highest BCUT2D eigenvalue weighted by Crippen LogP contribution is 2.41. The van der Waals surface area contributed by atoms with Gasteiger partial charge >= 0.3 is 12.1 Å². The van der Waals surface area contributed by atoms with Crippen LogP contribution >= 0.6 is 11.8 Å². The van der Waals surface area contributed by atoms with Gasteiger partial charge in [-0.3, -0.25) is 10.1 Å². The van der Waals surface area contributed by atoms with Crippen molar-refractivity contribution in [3.63, 3.8) is 0 Å². The molecule has 120 valence electrons. The highest BCUT2D eigenvalue weighted by molar-refractivity contribution is 7.99. The summed E-state index contributed by atoms with van der Waals surface area (Å²) in [6.07, 6.45) is -4.81. The second kappa shape index (κ2) is 6.29. The van der Waals surface area contributed by atoms with E-state index in [4.69, 9.17) is 5.11 Å². The zero-order valence-corrected chi connectivity index (χ0v) is 12.0. The molecule has 0 amide bonds. The number of nitro benzene ring substituents is 1. The Balaban J connectivity index is 2.68. The topological polar surface area (TPSA) is 80.4 Å². The molecule has 0 saturated carbocycles. The molecule has 0 bridgehead atoms. The van der Waals surface area contributed by atoms with Gasteiger partial charge in [-0.2, -0.15) is 13.2 Å². The first-order chi connectivity index (χ1) is 10.7. The number of carboxylic acid groups (broad SMARTS) is 1. The molecule has 0 fully saturated rings. The van der Waals surface area contributed by atoms with Crippen molar-refractivity contribution in [3.05, 3.63) is 63.7 Å². The van der Waals surface area contributed by atoms with E-state index in [1.165, 1.54) is 0 Å². The lowest BCUT2D eigenvalue weighted by Gasteiger charge is -2.11. The fraction of sp³-hybridized carbons (Fsp3) is 0.0714. The van der Waals surface area contributed by atoms with E-state index in [1.54, 1.807) is 30.3 Å². The number of carboxylic acids is 1. The lowest BCUT2D eigenvalue weighted by molar-refractivity contribution is -0.388. The molecule has 0 aliphatic heterocycles.